The van der Waals surface area contributed by atoms with Gasteiger partial charge in [-0.25, -0.2) is 4.79 Å². The van der Waals surface area contributed by atoms with Gasteiger partial charge in [0.15, 0.2) is 0 Å². The zero-order valence-corrected chi connectivity index (χ0v) is 12.4. The second-order valence-electron chi connectivity index (χ2n) is 4.78. The lowest BCUT2D eigenvalue weighted by Gasteiger charge is -2.31. The SMILES string of the molecule is CCC(C)N(CC(=O)O)C(=O)N(C)c1cccc(C#N)c1. The van der Waals surface area contributed by atoms with E-state index >= 15 is 0 Å². The third kappa shape index (κ3) is 4.21. The zero-order valence-electron chi connectivity index (χ0n) is 12.4. The summed E-state index contributed by atoms with van der Waals surface area (Å²) in [4.78, 5) is 26.1. The van der Waals surface area contributed by atoms with Crippen molar-refractivity contribution >= 4 is 17.7 Å². The first-order valence-electron chi connectivity index (χ1n) is 6.67. The van der Waals surface area contributed by atoms with Gasteiger partial charge in [0.1, 0.15) is 6.54 Å². The number of nitriles is 1. The summed E-state index contributed by atoms with van der Waals surface area (Å²) in [6.45, 7) is 3.35. The smallest absolute Gasteiger partial charge is 0.324 e. The van der Waals surface area contributed by atoms with Gasteiger partial charge < -0.3 is 10.0 Å². The topological polar surface area (TPSA) is 84.6 Å². The normalized spacial score (nSPS) is 11.3. The number of carbonyl (C=O) groups is 2. The van der Waals surface area contributed by atoms with Crippen LogP contribution in [0.25, 0.3) is 0 Å². The summed E-state index contributed by atoms with van der Waals surface area (Å²) in [5.41, 5.74) is 0.998. The minimum atomic E-state index is -1.05. The number of amides is 2. The van der Waals surface area contributed by atoms with E-state index in [9.17, 15) is 9.59 Å². The number of anilines is 1. The average Bonchev–Trinajstić information content (AvgIpc) is 2.50. The van der Waals surface area contributed by atoms with Crippen molar-refractivity contribution in [2.75, 3.05) is 18.5 Å². The highest BCUT2D eigenvalue weighted by Crippen LogP contribution is 2.17. The second kappa shape index (κ2) is 7.29. The molecule has 1 aromatic carbocycles. The van der Waals surface area contributed by atoms with Crippen molar-refractivity contribution in [3.8, 4) is 6.07 Å². The van der Waals surface area contributed by atoms with E-state index in [1.165, 1.54) is 9.80 Å². The Bertz CT molecular complexity index is 566. The third-order valence-electron chi connectivity index (χ3n) is 3.32. The molecule has 0 aromatic heterocycles. The summed E-state index contributed by atoms with van der Waals surface area (Å²) in [6, 6.07) is 8.05. The Morgan fingerprint density at radius 3 is 2.62 bits per heavy atom. The van der Waals surface area contributed by atoms with Gasteiger partial charge in [0.05, 0.1) is 11.6 Å². The van der Waals surface area contributed by atoms with Gasteiger partial charge in [0.25, 0.3) is 0 Å². The van der Waals surface area contributed by atoms with E-state index in [1.807, 2.05) is 13.0 Å². The molecule has 0 heterocycles. The molecule has 0 bridgehead atoms. The standard InChI is InChI=1S/C15H19N3O3/c1-4-11(2)18(10-14(19)20)15(21)17(3)13-7-5-6-12(8-13)9-16/h5-8,11H,4,10H2,1-3H3,(H,19,20). The van der Waals surface area contributed by atoms with Gasteiger partial charge in [0, 0.05) is 18.8 Å². The molecule has 0 spiro atoms. The summed E-state index contributed by atoms with van der Waals surface area (Å²) < 4.78 is 0. The van der Waals surface area contributed by atoms with Crippen molar-refractivity contribution in [1.29, 1.82) is 5.26 Å². The molecular weight excluding hydrogens is 270 g/mol. The van der Waals surface area contributed by atoms with Crippen molar-refractivity contribution < 1.29 is 14.7 Å². The fourth-order valence-electron chi connectivity index (χ4n) is 1.87. The lowest BCUT2D eigenvalue weighted by atomic mass is 10.2. The van der Waals surface area contributed by atoms with E-state index in [2.05, 4.69) is 0 Å². The number of carboxylic acid groups (broad SMARTS) is 1. The second-order valence-corrected chi connectivity index (χ2v) is 4.78. The minimum absolute atomic E-state index is 0.185. The van der Waals surface area contributed by atoms with Crippen LogP contribution >= 0.6 is 0 Å². The Morgan fingerprint density at radius 2 is 2.10 bits per heavy atom. The summed E-state index contributed by atoms with van der Waals surface area (Å²) >= 11 is 0. The van der Waals surface area contributed by atoms with Crippen LogP contribution in [-0.2, 0) is 4.79 Å². The highest BCUT2D eigenvalue weighted by Gasteiger charge is 2.25. The molecule has 0 aliphatic carbocycles. The molecule has 0 aliphatic rings. The number of urea groups is 1. The van der Waals surface area contributed by atoms with Crippen molar-refractivity contribution in [2.45, 2.75) is 26.3 Å². The van der Waals surface area contributed by atoms with Crippen molar-refractivity contribution in [1.82, 2.24) is 4.90 Å². The summed E-state index contributed by atoms with van der Waals surface area (Å²) in [7, 11) is 1.57. The van der Waals surface area contributed by atoms with Crippen LogP contribution in [0.4, 0.5) is 10.5 Å². The predicted octanol–water partition coefficient (Wildman–Crippen LogP) is 2.30. The van der Waals surface area contributed by atoms with Gasteiger partial charge in [-0.05, 0) is 31.5 Å². The van der Waals surface area contributed by atoms with Gasteiger partial charge in [0.2, 0.25) is 0 Å². The third-order valence-corrected chi connectivity index (χ3v) is 3.32. The van der Waals surface area contributed by atoms with E-state index in [0.717, 1.165) is 0 Å². The van der Waals surface area contributed by atoms with Crippen LogP contribution in [0.5, 0.6) is 0 Å². The summed E-state index contributed by atoms with van der Waals surface area (Å²) in [5, 5.41) is 17.9. The number of hydrogen-bond acceptors (Lipinski definition) is 3. The number of hydrogen-bond donors (Lipinski definition) is 1. The van der Waals surface area contributed by atoms with Crippen LogP contribution in [0.1, 0.15) is 25.8 Å². The number of carbonyl (C=O) groups excluding carboxylic acids is 1. The molecule has 1 atom stereocenters. The number of rotatable bonds is 5. The quantitative estimate of drug-likeness (QED) is 0.901. The molecule has 0 aliphatic heterocycles. The molecule has 1 rings (SSSR count). The number of aliphatic carboxylic acids is 1. The summed E-state index contributed by atoms with van der Waals surface area (Å²) in [6.07, 6.45) is 0.658. The van der Waals surface area contributed by atoms with E-state index in [0.29, 0.717) is 17.7 Å². The summed E-state index contributed by atoms with van der Waals surface area (Å²) in [5.74, 6) is -1.05. The fraction of sp³-hybridized carbons (Fsp3) is 0.400. The highest BCUT2D eigenvalue weighted by molar-refractivity contribution is 5.93. The van der Waals surface area contributed by atoms with Crippen LogP contribution in [0.15, 0.2) is 24.3 Å². The molecule has 0 saturated heterocycles. The Balaban J connectivity index is 3.01. The van der Waals surface area contributed by atoms with Crippen molar-refractivity contribution in [2.24, 2.45) is 0 Å². The van der Waals surface area contributed by atoms with Crippen LogP contribution in [0.2, 0.25) is 0 Å². The van der Waals surface area contributed by atoms with Gasteiger partial charge in [-0.3, -0.25) is 9.69 Å². The predicted molar refractivity (Wildman–Crippen MR) is 79.1 cm³/mol. The first kappa shape index (κ1) is 16.5. The maximum absolute atomic E-state index is 12.5. The molecule has 2 amide bonds. The fourth-order valence-corrected chi connectivity index (χ4v) is 1.87. The maximum Gasteiger partial charge on any atom is 0.324 e. The molecule has 1 unspecified atom stereocenters. The minimum Gasteiger partial charge on any atom is -0.480 e. The largest absolute Gasteiger partial charge is 0.480 e. The lowest BCUT2D eigenvalue weighted by Crippen LogP contribution is -2.48. The molecule has 0 fully saturated rings. The average molecular weight is 289 g/mol. The van der Waals surface area contributed by atoms with E-state index in [-0.39, 0.29) is 12.6 Å². The molecule has 6 heteroatoms. The lowest BCUT2D eigenvalue weighted by molar-refractivity contribution is -0.138. The van der Waals surface area contributed by atoms with Gasteiger partial charge in [-0.1, -0.05) is 13.0 Å². The molecule has 1 aromatic rings. The van der Waals surface area contributed by atoms with E-state index in [4.69, 9.17) is 10.4 Å². The zero-order chi connectivity index (χ0) is 16.0. The van der Waals surface area contributed by atoms with Crippen LogP contribution < -0.4 is 4.90 Å². The van der Waals surface area contributed by atoms with Crippen molar-refractivity contribution in [3.05, 3.63) is 29.8 Å². The molecule has 1 N–H and O–H groups in total. The number of benzene rings is 1. The van der Waals surface area contributed by atoms with E-state index < -0.39 is 12.0 Å². The molecule has 6 nitrogen and oxygen atoms in total. The Morgan fingerprint density at radius 1 is 1.43 bits per heavy atom. The van der Waals surface area contributed by atoms with Crippen LogP contribution in [0, 0.1) is 11.3 Å². The number of carboxylic acids is 1. The molecule has 0 saturated carbocycles. The molecule has 112 valence electrons. The van der Waals surface area contributed by atoms with Gasteiger partial charge >= 0.3 is 12.0 Å². The molecule has 21 heavy (non-hydrogen) atoms. The first-order chi connectivity index (χ1) is 9.90. The van der Waals surface area contributed by atoms with Crippen LogP contribution in [0.3, 0.4) is 0 Å². The Hall–Kier alpha value is -2.55. The Labute approximate surface area is 124 Å². The van der Waals surface area contributed by atoms with Gasteiger partial charge in [-0.2, -0.15) is 5.26 Å². The monoisotopic (exact) mass is 289 g/mol. The maximum atomic E-state index is 12.5. The molecule has 0 radical (unpaired) electrons. The molecular formula is C15H19N3O3. The van der Waals surface area contributed by atoms with Crippen LogP contribution in [-0.4, -0.2) is 41.6 Å². The highest BCUT2D eigenvalue weighted by atomic mass is 16.4. The van der Waals surface area contributed by atoms with Gasteiger partial charge in [-0.15, -0.1) is 0 Å². The van der Waals surface area contributed by atoms with E-state index in [1.54, 1.807) is 38.2 Å². The number of nitrogens with zero attached hydrogens (tertiary/aromatic N) is 3. The first-order valence-corrected chi connectivity index (χ1v) is 6.67. The Kier molecular flexibility index (Phi) is 5.73. The van der Waals surface area contributed by atoms with Crippen molar-refractivity contribution in [3.63, 3.8) is 0 Å².